The van der Waals surface area contributed by atoms with Crippen LogP contribution in [-0.4, -0.2) is 70.6 Å². The zero-order chi connectivity index (χ0) is 19.1. The first-order valence-electron chi connectivity index (χ1n) is 10.1. The fourth-order valence-corrected chi connectivity index (χ4v) is 4.14. The molecule has 3 rings (SSSR count). The van der Waals surface area contributed by atoms with Crippen molar-refractivity contribution in [3.8, 4) is 0 Å². The lowest BCUT2D eigenvalue weighted by molar-refractivity contribution is -0.123. The third kappa shape index (κ3) is 5.95. The van der Waals surface area contributed by atoms with E-state index in [0.29, 0.717) is 12.5 Å². The number of rotatable bonds is 7. The number of aromatic nitrogens is 2. The molecular formula is C19H32N6O2. The highest BCUT2D eigenvalue weighted by Gasteiger charge is 2.24. The first-order valence-corrected chi connectivity index (χ1v) is 10.1. The number of urea groups is 1. The van der Waals surface area contributed by atoms with Crippen LogP contribution in [0.1, 0.15) is 32.1 Å². The molecule has 3 N–H and O–H groups in total. The van der Waals surface area contributed by atoms with Gasteiger partial charge in [0.25, 0.3) is 0 Å². The summed E-state index contributed by atoms with van der Waals surface area (Å²) < 4.78 is 2.09. The van der Waals surface area contributed by atoms with Crippen LogP contribution in [0.5, 0.6) is 0 Å². The number of carbonyl (C=O) groups excluding carboxylic acids is 2. The quantitative estimate of drug-likeness (QED) is 0.691. The molecule has 3 amide bonds. The van der Waals surface area contributed by atoms with Crippen LogP contribution in [0.4, 0.5) is 4.79 Å². The molecule has 1 atom stereocenters. The minimum absolute atomic E-state index is 0.0373. The number of likely N-dealkylation sites (tertiary alicyclic amines) is 2. The predicted molar refractivity (Wildman–Crippen MR) is 103 cm³/mol. The fourth-order valence-electron chi connectivity index (χ4n) is 4.14. The Labute approximate surface area is 161 Å². The second kappa shape index (κ2) is 9.73. The molecule has 27 heavy (non-hydrogen) atoms. The van der Waals surface area contributed by atoms with Gasteiger partial charge in [0.15, 0.2) is 0 Å². The van der Waals surface area contributed by atoms with E-state index in [0.717, 1.165) is 71.4 Å². The summed E-state index contributed by atoms with van der Waals surface area (Å²) in [4.78, 5) is 32.0. The molecule has 0 bridgehead atoms. The molecule has 1 aromatic heterocycles. The number of nitrogens with one attached hydrogen (secondary N) is 1. The SMILES string of the molecule is NC(=O)C1CCN(CCCNC(=O)N2CCC[C@H](Cn3ccnc3)C2)CC1. The van der Waals surface area contributed by atoms with E-state index in [1.54, 1.807) is 6.20 Å². The predicted octanol–water partition coefficient (Wildman–Crippen LogP) is 0.892. The second-order valence-electron chi connectivity index (χ2n) is 7.82. The zero-order valence-corrected chi connectivity index (χ0v) is 16.1. The second-order valence-corrected chi connectivity index (χ2v) is 7.82. The first kappa shape index (κ1) is 19.7. The third-order valence-corrected chi connectivity index (χ3v) is 5.75. The Bertz CT molecular complexity index is 597. The average Bonchev–Trinajstić information content (AvgIpc) is 3.18. The molecule has 2 aliphatic rings. The molecule has 1 aromatic rings. The molecular weight excluding hydrogens is 344 g/mol. The van der Waals surface area contributed by atoms with E-state index in [-0.39, 0.29) is 17.9 Å². The fraction of sp³-hybridized carbons (Fsp3) is 0.737. The van der Waals surface area contributed by atoms with Gasteiger partial charge in [-0.15, -0.1) is 0 Å². The smallest absolute Gasteiger partial charge is 0.317 e. The van der Waals surface area contributed by atoms with E-state index in [9.17, 15) is 9.59 Å². The number of imidazole rings is 1. The molecule has 0 unspecified atom stereocenters. The Morgan fingerprint density at radius 2 is 2.00 bits per heavy atom. The Morgan fingerprint density at radius 3 is 2.70 bits per heavy atom. The summed E-state index contributed by atoms with van der Waals surface area (Å²) in [5.74, 6) is 0.357. The van der Waals surface area contributed by atoms with Crippen molar-refractivity contribution in [2.75, 3.05) is 39.3 Å². The molecule has 150 valence electrons. The summed E-state index contributed by atoms with van der Waals surface area (Å²) in [5.41, 5.74) is 5.37. The molecule has 2 saturated heterocycles. The van der Waals surface area contributed by atoms with Crippen LogP contribution in [0.15, 0.2) is 18.7 Å². The van der Waals surface area contributed by atoms with Gasteiger partial charge in [-0.3, -0.25) is 4.79 Å². The number of carbonyl (C=O) groups is 2. The maximum atomic E-state index is 12.4. The number of hydrogen-bond acceptors (Lipinski definition) is 4. The summed E-state index contributed by atoms with van der Waals surface area (Å²) >= 11 is 0. The minimum atomic E-state index is -0.171. The van der Waals surface area contributed by atoms with Crippen LogP contribution in [0.25, 0.3) is 0 Å². The number of hydrogen-bond donors (Lipinski definition) is 2. The molecule has 2 fully saturated rings. The highest BCUT2D eigenvalue weighted by atomic mass is 16.2. The summed E-state index contributed by atoms with van der Waals surface area (Å²) in [5, 5.41) is 3.07. The molecule has 0 radical (unpaired) electrons. The average molecular weight is 377 g/mol. The lowest BCUT2D eigenvalue weighted by atomic mass is 9.96. The van der Waals surface area contributed by atoms with E-state index >= 15 is 0 Å². The van der Waals surface area contributed by atoms with Crippen molar-refractivity contribution < 1.29 is 9.59 Å². The van der Waals surface area contributed by atoms with Gasteiger partial charge in [-0.2, -0.15) is 0 Å². The normalized spacial score (nSPS) is 21.9. The molecule has 8 heteroatoms. The van der Waals surface area contributed by atoms with E-state index < -0.39 is 0 Å². The van der Waals surface area contributed by atoms with Crippen molar-refractivity contribution in [1.29, 1.82) is 0 Å². The highest BCUT2D eigenvalue weighted by molar-refractivity contribution is 5.76. The maximum Gasteiger partial charge on any atom is 0.317 e. The van der Waals surface area contributed by atoms with Crippen molar-refractivity contribution in [3.63, 3.8) is 0 Å². The Hall–Kier alpha value is -2.09. The molecule has 8 nitrogen and oxygen atoms in total. The van der Waals surface area contributed by atoms with Crippen molar-refractivity contribution >= 4 is 11.9 Å². The summed E-state index contributed by atoms with van der Waals surface area (Å²) in [6.45, 7) is 6.06. The Kier molecular flexibility index (Phi) is 7.09. The van der Waals surface area contributed by atoms with Crippen LogP contribution in [0.3, 0.4) is 0 Å². The van der Waals surface area contributed by atoms with Gasteiger partial charge < -0.3 is 25.4 Å². The Morgan fingerprint density at radius 1 is 1.19 bits per heavy atom. The topological polar surface area (TPSA) is 96.5 Å². The van der Waals surface area contributed by atoms with Gasteiger partial charge >= 0.3 is 6.03 Å². The van der Waals surface area contributed by atoms with Gasteiger partial charge in [0.05, 0.1) is 6.33 Å². The van der Waals surface area contributed by atoms with E-state index in [1.807, 2.05) is 17.4 Å². The molecule has 3 heterocycles. The molecule has 0 aromatic carbocycles. The number of piperidine rings is 2. The van der Waals surface area contributed by atoms with Gasteiger partial charge in [-0.1, -0.05) is 0 Å². The molecule has 2 aliphatic heterocycles. The number of nitrogens with zero attached hydrogens (tertiary/aromatic N) is 4. The first-order chi connectivity index (χ1) is 13.1. The van der Waals surface area contributed by atoms with Crippen LogP contribution >= 0.6 is 0 Å². The number of nitrogens with two attached hydrogens (primary N) is 1. The van der Waals surface area contributed by atoms with Crippen molar-refractivity contribution in [1.82, 2.24) is 24.7 Å². The Balaban J connectivity index is 1.30. The third-order valence-electron chi connectivity index (χ3n) is 5.75. The van der Waals surface area contributed by atoms with Crippen molar-refractivity contribution in [2.24, 2.45) is 17.6 Å². The largest absolute Gasteiger partial charge is 0.369 e. The summed E-state index contributed by atoms with van der Waals surface area (Å²) in [6.07, 6.45) is 10.5. The van der Waals surface area contributed by atoms with Gasteiger partial charge in [0, 0.05) is 44.5 Å². The van der Waals surface area contributed by atoms with Crippen LogP contribution in [-0.2, 0) is 11.3 Å². The maximum absolute atomic E-state index is 12.4. The number of amides is 3. The molecule has 0 spiro atoms. The standard InChI is InChI=1S/C19H32N6O2/c20-18(26)17-4-10-23(11-5-17)8-2-6-22-19(27)25-9-1-3-16(14-25)13-24-12-7-21-15-24/h7,12,15-17H,1-6,8-11,13-14H2,(H2,20,26)(H,22,27)/t16-/m1/s1. The highest BCUT2D eigenvalue weighted by Crippen LogP contribution is 2.18. The summed E-state index contributed by atoms with van der Waals surface area (Å²) in [6, 6.07) is 0.0535. The number of primary amides is 1. The van der Waals surface area contributed by atoms with Gasteiger partial charge in [-0.25, -0.2) is 9.78 Å². The van der Waals surface area contributed by atoms with Gasteiger partial charge in [0.2, 0.25) is 5.91 Å². The van der Waals surface area contributed by atoms with Crippen LogP contribution in [0.2, 0.25) is 0 Å². The lowest BCUT2D eigenvalue weighted by Gasteiger charge is -2.33. The van der Waals surface area contributed by atoms with Crippen LogP contribution < -0.4 is 11.1 Å². The molecule has 0 saturated carbocycles. The van der Waals surface area contributed by atoms with E-state index in [4.69, 9.17) is 5.73 Å². The summed E-state index contributed by atoms with van der Waals surface area (Å²) in [7, 11) is 0. The molecule has 0 aliphatic carbocycles. The van der Waals surface area contributed by atoms with Crippen molar-refractivity contribution in [3.05, 3.63) is 18.7 Å². The van der Waals surface area contributed by atoms with Crippen molar-refractivity contribution in [2.45, 2.75) is 38.6 Å². The minimum Gasteiger partial charge on any atom is -0.369 e. The van der Waals surface area contributed by atoms with E-state index in [1.165, 1.54) is 0 Å². The van der Waals surface area contributed by atoms with Crippen LogP contribution in [0, 0.1) is 11.8 Å². The monoisotopic (exact) mass is 376 g/mol. The zero-order valence-electron chi connectivity index (χ0n) is 16.1. The van der Waals surface area contributed by atoms with E-state index in [2.05, 4.69) is 19.8 Å². The van der Waals surface area contributed by atoms with Gasteiger partial charge in [0.1, 0.15) is 0 Å². The lowest BCUT2D eigenvalue weighted by Crippen LogP contribution is -2.46. The van der Waals surface area contributed by atoms with Gasteiger partial charge in [-0.05, 0) is 57.7 Å².